The molecule has 1 nitrogen and oxygen atoms in total. The van der Waals surface area contributed by atoms with Crippen molar-refractivity contribution in [1.29, 1.82) is 0 Å². The molecule has 0 aromatic heterocycles. The number of rotatable bonds is 1. The Bertz CT molecular complexity index is 339. The number of hydrogen-bond donors (Lipinski definition) is 0. The molecule has 1 saturated heterocycles. The molecule has 1 fully saturated rings. The van der Waals surface area contributed by atoms with Crippen molar-refractivity contribution in [1.82, 2.24) is 0 Å². The number of fused-ring (bicyclic) bond motifs is 1. The second-order valence-electron chi connectivity index (χ2n) is 3.70. The van der Waals surface area contributed by atoms with Crippen molar-refractivity contribution in [2.75, 3.05) is 0 Å². The monoisotopic (exact) mass is 172 g/mol. The van der Waals surface area contributed by atoms with E-state index in [1.54, 1.807) is 0 Å². The molecule has 0 spiro atoms. The van der Waals surface area contributed by atoms with Crippen LogP contribution < -0.4 is 0 Å². The molecule has 0 bridgehead atoms. The third-order valence-corrected chi connectivity index (χ3v) is 2.81. The molecule has 0 N–H and O–H groups in total. The average Bonchev–Trinajstić information content (AvgIpc) is 2.97. The van der Waals surface area contributed by atoms with Gasteiger partial charge in [-0.25, -0.2) is 0 Å². The van der Waals surface area contributed by atoms with Gasteiger partial charge in [-0.2, -0.15) is 0 Å². The third-order valence-electron chi connectivity index (χ3n) is 2.81. The van der Waals surface area contributed by atoms with E-state index in [4.69, 9.17) is 4.74 Å². The molecular formula is C12H12O. The SMILES string of the molecule is C1=C(c2ccccc2)[C@@H]2O[C@@H]2CC1. The topological polar surface area (TPSA) is 12.5 Å². The lowest BCUT2D eigenvalue weighted by Crippen LogP contribution is -2.02. The molecule has 1 heteroatoms. The van der Waals surface area contributed by atoms with E-state index >= 15 is 0 Å². The van der Waals surface area contributed by atoms with Crippen molar-refractivity contribution >= 4 is 5.57 Å². The first-order chi connectivity index (χ1) is 6.45. The zero-order valence-corrected chi connectivity index (χ0v) is 7.44. The van der Waals surface area contributed by atoms with Gasteiger partial charge in [0.15, 0.2) is 0 Å². The van der Waals surface area contributed by atoms with E-state index in [1.165, 1.54) is 24.0 Å². The first-order valence-corrected chi connectivity index (χ1v) is 4.86. The van der Waals surface area contributed by atoms with Crippen LogP contribution in [0.3, 0.4) is 0 Å². The molecule has 0 amide bonds. The van der Waals surface area contributed by atoms with Gasteiger partial charge in [0.25, 0.3) is 0 Å². The van der Waals surface area contributed by atoms with E-state index in [2.05, 4.69) is 36.4 Å². The van der Waals surface area contributed by atoms with Crippen LogP contribution in [0.5, 0.6) is 0 Å². The second-order valence-corrected chi connectivity index (χ2v) is 3.70. The second kappa shape index (κ2) is 2.71. The van der Waals surface area contributed by atoms with Crippen molar-refractivity contribution in [3.8, 4) is 0 Å². The Hall–Kier alpha value is -1.08. The molecule has 1 aliphatic carbocycles. The fraction of sp³-hybridized carbons (Fsp3) is 0.333. The summed E-state index contributed by atoms with van der Waals surface area (Å²) in [6, 6.07) is 10.5. The van der Waals surface area contributed by atoms with Crippen LogP contribution in [-0.4, -0.2) is 12.2 Å². The normalized spacial score (nSPS) is 30.6. The summed E-state index contributed by atoms with van der Waals surface area (Å²) in [5, 5.41) is 0. The van der Waals surface area contributed by atoms with Gasteiger partial charge in [-0.05, 0) is 24.0 Å². The number of allylic oxidation sites excluding steroid dienone is 1. The Kier molecular flexibility index (Phi) is 1.53. The van der Waals surface area contributed by atoms with Crippen LogP contribution >= 0.6 is 0 Å². The molecule has 13 heavy (non-hydrogen) atoms. The molecule has 0 radical (unpaired) electrons. The number of benzene rings is 1. The molecular weight excluding hydrogens is 160 g/mol. The van der Waals surface area contributed by atoms with E-state index in [0.717, 1.165) is 0 Å². The fourth-order valence-corrected chi connectivity index (χ4v) is 2.07. The molecule has 1 heterocycles. The third kappa shape index (κ3) is 1.20. The van der Waals surface area contributed by atoms with Gasteiger partial charge in [0.1, 0.15) is 6.10 Å². The minimum Gasteiger partial charge on any atom is -0.364 e. The molecule has 0 unspecified atom stereocenters. The Morgan fingerprint density at radius 2 is 2.00 bits per heavy atom. The number of epoxide rings is 1. The largest absolute Gasteiger partial charge is 0.364 e. The van der Waals surface area contributed by atoms with Crippen LogP contribution in [0.4, 0.5) is 0 Å². The number of ether oxygens (including phenoxy) is 1. The van der Waals surface area contributed by atoms with Crippen molar-refractivity contribution in [2.45, 2.75) is 25.0 Å². The molecule has 1 aromatic rings. The van der Waals surface area contributed by atoms with Gasteiger partial charge in [-0.1, -0.05) is 36.4 Å². The molecule has 3 rings (SSSR count). The summed E-state index contributed by atoms with van der Waals surface area (Å²) in [5.74, 6) is 0. The molecule has 0 saturated carbocycles. The van der Waals surface area contributed by atoms with Crippen molar-refractivity contribution < 1.29 is 4.74 Å². The summed E-state index contributed by atoms with van der Waals surface area (Å²) in [7, 11) is 0. The highest BCUT2D eigenvalue weighted by Crippen LogP contribution is 2.41. The van der Waals surface area contributed by atoms with E-state index < -0.39 is 0 Å². The summed E-state index contributed by atoms with van der Waals surface area (Å²) in [4.78, 5) is 0. The van der Waals surface area contributed by atoms with Crippen LogP contribution in [0.25, 0.3) is 5.57 Å². The highest BCUT2D eigenvalue weighted by Gasteiger charge is 2.43. The predicted molar refractivity (Wildman–Crippen MR) is 52.3 cm³/mol. The predicted octanol–water partition coefficient (Wildman–Crippen LogP) is 2.63. The van der Waals surface area contributed by atoms with Gasteiger partial charge < -0.3 is 4.74 Å². The molecule has 1 aliphatic heterocycles. The maximum absolute atomic E-state index is 5.58. The summed E-state index contributed by atoms with van der Waals surface area (Å²) in [6.45, 7) is 0. The van der Waals surface area contributed by atoms with Gasteiger partial charge in [0.2, 0.25) is 0 Å². The zero-order chi connectivity index (χ0) is 8.67. The van der Waals surface area contributed by atoms with Gasteiger partial charge in [0.05, 0.1) is 6.10 Å². The quantitative estimate of drug-likeness (QED) is 0.593. The lowest BCUT2D eigenvalue weighted by molar-refractivity contribution is 0.387. The average molecular weight is 172 g/mol. The molecule has 1 aromatic carbocycles. The molecule has 66 valence electrons. The standard InChI is InChI=1S/C12H12O/c1-2-5-9(6-3-1)10-7-4-8-11-12(10)13-11/h1-3,5-7,11-12H,4,8H2/t11-,12+/m1/s1. The lowest BCUT2D eigenvalue weighted by atomic mass is 9.94. The van der Waals surface area contributed by atoms with Crippen LogP contribution in [0.15, 0.2) is 36.4 Å². The van der Waals surface area contributed by atoms with Gasteiger partial charge in [-0.3, -0.25) is 0 Å². The van der Waals surface area contributed by atoms with Crippen LogP contribution in [0.1, 0.15) is 18.4 Å². The molecule has 2 atom stereocenters. The fourth-order valence-electron chi connectivity index (χ4n) is 2.07. The lowest BCUT2D eigenvalue weighted by Gasteiger charge is -2.08. The number of hydrogen-bond acceptors (Lipinski definition) is 1. The highest BCUT2D eigenvalue weighted by atomic mass is 16.6. The van der Waals surface area contributed by atoms with E-state index in [9.17, 15) is 0 Å². The first-order valence-electron chi connectivity index (χ1n) is 4.86. The summed E-state index contributed by atoms with van der Waals surface area (Å²) in [5.41, 5.74) is 2.73. The van der Waals surface area contributed by atoms with Crippen molar-refractivity contribution in [2.24, 2.45) is 0 Å². The zero-order valence-electron chi connectivity index (χ0n) is 7.44. The minimum absolute atomic E-state index is 0.413. The van der Waals surface area contributed by atoms with Crippen LogP contribution in [0.2, 0.25) is 0 Å². The van der Waals surface area contributed by atoms with Gasteiger partial charge in [0, 0.05) is 0 Å². The molecule has 2 aliphatic rings. The summed E-state index contributed by atoms with van der Waals surface area (Å²) >= 11 is 0. The Morgan fingerprint density at radius 1 is 1.15 bits per heavy atom. The van der Waals surface area contributed by atoms with E-state index in [-0.39, 0.29) is 0 Å². The van der Waals surface area contributed by atoms with Gasteiger partial charge in [-0.15, -0.1) is 0 Å². The minimum atomic E-state index is 0.413. The van der Waals surface area contributed by atoms with Crippen LogP contribution in [0, 0.1) is 0 Å². The van der Waals surface area contributed by atoms with E-state index in [0.29, 0.717) is 12.2 Å². The summed E-state index contributed by atoms with van der Waals surface area (Å²) < 4.78 is 5.58. The Morgan fingerprint density at radius 3 is 2.85 bits per heavy atom. The van der Waals surface area contributed by atoms with Crippen LogP contribution in [-0.2, 0) is 4.74 Å². The Labute approximate surface area is 78.0 Å². The smallest absolute Gasteiger partial charge is 0.109 e. The maximum atomic E-state index is 5.58. The van der Waals surface area contributed by atoms with Crippen molar-refractivity contribution in [3.63, 3.8) is 0 Å². The summed E-state index contributed by atoms with van der Waals surface area (Å²) in [6.07, 6.45) is 5.65. The maximum Gasteiger partial charge on any atom is 0.109 e. The van der Waals surface area contributed by atoms with Gasteiger partial charge >= 0.3 is 0 Å². The highest BCUT2D eigenvalue weighted by molar-refractivity contribution is 5.72. The first kappa shape index (κ1) is 7.34. The Balaban J connectivity index is 1.97. The van der Waals surface area contributed by atoms with E-state index in [1.807, 2.05) is 0 Å². The van der Waals surface area contributed by atoms with Crippen molar-refractivity contribution in [3.05, 3.63) is 42.0 Å².